The first-order valence-electron chi connectivity index (χ1n) is 10.3. The summed E-state index contributed by atoms with van der Waals surface area (Å²) in [6, 6.07) is 20.5. The molecule has 8 heteroatoms. The molecular weight excluding hydrogens is 419 g/mol. The maximum Gasteiger partial charge on any atom is 0.416 e. The lowest BCUT2D eigenvalue weighted by molar-refractivity contribution is -0.137. The van der Waals surface area contributed by atoms with Crippen molar-refractivity contribution in [3.8, 4) is 5.88 Å². The van der Waals surface area contributed by atoms with Crippen LogP contribution in [-0.4, -0.2) is 35.1 Å². The highest BCUT2D eigenvalue weighted by Crippen LogP contribution is 2.31. The fraction of sp³-hybridized carbons (Fsp3) is 0.250. The fourth-order valence-corrected chi connectivity index (χ4v) is 3.69. The van der Waals surface area contributed by atoms with Gasteiger partial charge in [0.05, 0.1) is 18.2 Å². The third kappa shape index (κ3) is 5.19. The van der Waals surface area contributed by atoms with E-state index in [1.54, 1.807) is 4.90 Å². The predicted molar refractivity (Wildman–Crippen MR) is 113 cm³/mol. The molecule has 3 aromatic rings. The number of amides is 2. The van der Waals surface area contributed by atoms with Gasteiger partial charge in [0.1, 0.15) is 6.10 Å². The van der Waals surface area contributed by atoms with E-state index >= 15 is 0 Å². The molecule has 166 valence electrons. The second-order valence-electron chi connectivity index (χ2n) is 7.56. The average molecular weight is 441 g/mol. The summed E-state index contributed by atoms with van der Waals surface area (Å²) in [6.45, 7) is 0.700. The van der Waals surface area contributed by atoms with Crippen LogP contribution in [0.3, 0.4) is 0 Å². The van der Waals surface area contributed by atoms with Gasteiger partial charge in [0.2, 0.25) is 5.88 Å². The van der Waals surface area contributed by atoms with Crippen molar-refractivity contribution >= 4 is 6.03 Å². The van der Waals surface area contributed by atoms with Crippen molar-refractivity contribution in [3.63, 3.8) is 0 Å². The Hall–Kier alpha value is -3.55. The first kappa shape index (κ1) is 21.7. The van der Waals surface area contributed by atoms with Crippen LogP contribution in [0.2, 0.25) is 0 Å². The van der Waals surface area contributed by atoms with Gasteiger partial charge in [-0.1, -0.05) is 60.7 Å². The summed E-state index contributed by atoms with van der Waals surface area (Å²) in [6.07, 6.45) is -3.31. The van der Waals surface area contributed by atoms with Crippen LogP contribution >= 0.6 is 0 Å². The summed E-state index contributed by atoms with van der Waals surface area (Å²) in [5, 5.41) is 3.07. The molecule has 32 heavy (non-hydrogen) atoms. The Balaban J connectivity index is 1.42. The average Bonchev–Trinajstić information content (AvgIpc) is 3.27. The van der Waals surface area contributed by atoms with Gasteiger partial charge < -0.3 is 15.0 Å². The highest BCUT2D eigenvalue weighted by molar-refractivity contribution is 5.75. The summed E-state index contributed by atoms with van der Waals surface area (Å²) in [7, 11) is 0. The summed E-state index contributed by atoms with van der Waals surface area (Å²) in [5.74, 6) is -0.0986. The van der Waals surface area contributed by atoms with Gasteiger partial charge in [-0.3, -0.25) is 0 Å². The van der Waals surface area contributed by atoms with Crippen molar-refractivity contribution in [2.45, 2.75) is 24.7 Å². The molecule has 1 unspecified atom stereocenters. The topological polar surface area (TPSA) is 54.5 Å². The van der Waals surface area contributed by atoms with E-state index in [1.807, 2.05) is 60.7 Å². The minimum Gasteiger partial charge on any atom is -0.472 e. The Morgan fingerprint density at radius 3 is 2.25 bits per heavy atom. The van der Waals surface area contributed by atoms with Crippen LogP contribution in [0.4, 0.5) is 18.0 Å². The first-order valence-corrected chi connectivity index (χ1v) is 10.3. The number of pyridine rings is 1. The highest BCUT2D eigenvalue weighted by atomic mass is 19.4. The molecule has 0 aliphatic carbocycles. The predicted octanol–water partition coefficient (Wildman–Crippen LogP) is 5.05. The van der Waals surface area contributed by atoms with E-state index in [1.165, 1.54) is 0 Å². The van der Waals surface area contributed by atoms with Gasteiger partial charge in [-0.2, -0.15) is 13.2 Å². The SMILES string of the molecule is O=C(NC(c1ccccc1)c1ccccc1)N1CCC(Oc2cc(C(F)(F)F)ccn2)C1. The molecule has 2 amide bonds. The Bertz CT molecular complexity index is 1010. The van der Waals surface area contributed by atoms with Crippen molar-refractivity contribution < 1.29 is 22.7 Å². The second-order valence-corrected chi connectivity index (χ2v) is 7.56. The van der Waals surface area contributed by atoms with Gasteiger partial charge in [-0.15, -0.1) is 0 Å². The van der Waals surface area contributed by atoms with Crippen LogP contribution in [0.1, 0.15) is 29.2 Å². The number of carbonyl (C=O) groups excluding carboxylic acids is 1. The van der Waals surface area contributed by atoms with Gasteiger partial charge in [0.15, 0.2) is 0 Å². The van der Waals surface area contributed by atoms with Crippen molar-refractivity contribution in [1.29, 1.82) is 0 Å². The normalized spacial score (nSPS) is 16.2. The molecule has 4 rings (SSSR count). The maximum atomic E-state index is 13.0. The summed E-state index contributed by atoms with van der Waals surface area (Å²) < 4.78 is 44.4. The van der Waals surface area contributed by atoms with Crippen LogP contribution < -0.4 is 10.1 Å². The zero-order valence-electron chi connectivity index (χ0n) is 17.1. The molecule has 0 saturated carbocycles. The number of aromatic nitrogens is 1. The van der Waals surface area contributed by atoms with Gasteiger partial charge in [0, 0.05) is 25.2 Å². The van der Waals surface area contributed by atoms with E-state index in [0.717, 1.165) is 29.5 Å². The molecule has 0 bridgehead atoms. The number of hydrogen-bond acceptors (Lipinski definition) is 3. The molecule has 1 fully saturated rings. The van der Waals surface area contributed by atoms with E-state index in [0.29, 0.717) is 13.0 Å². The van der Waals surface area contributed by atoms with Crippen LogP contribution in [0, 0.1) is 0 Å². The number of ether oxygens (including phenoxy) is 1. The maximum absolute atomic E-state index is 13.0. The molecule has 1 N–H and O–H groups in total. The highest BCUT2D eigenvalue weighted by Gasteiger charge is 2.33. The third-order valence-corrected chi connectivity index (χ3v) is 5.32. The first-order chi connectivity index (χ1) is 15.4. The number of benzene rings is 2. The van der Waals surface area contributed by atoms with Crippen LogP contribution in [-0.2, 0) is 6.18 Å². The van der Waals surface area contributed by atoms with Crippen LogP contribution in [0.5, 0.6) is 5.88 Å². The third-order valence-electron chi connectivity index (χ3n) is 5.32. The lowest BCUT2D eigenvalue weighted by Gasteiger charge is -2.24. The minimum atomic E-state index is -4.47. The minimum absolute atomic E-state index is 0.0986. The molecule has 1 aromatic heterocycles. The van der Waals surface area contributed by atoms with Gasteiger partial charge >= 0.3 is 12.2 Å². The molecule has 2 heterocycles. The second kappa shape index (κ2) is 9.30. The van der Waals surface area contributed by atoms with E-state index in [9.17, 15) is 18.0 Å². The van der Waals surface area contributed by atoms with Crippen molar-refractivity contribution in [1.82, 2.24) is 15.2 Å². The molecular formula is C24H22F3N3O2. The van der Waals surface area contributed by atoms with E-state index in [4.69, 9.17) is 4.74 Å². The van der Waals surface area contributed by atoms with Gasteiger partial charge in [-0.25, -0.2) is 9.78 Å². The molecule has 0 radical (unpaired) electrons. The molecule has 0 spiro atoms. The van der Waals surface area contributed by atoms with Gasteiger partial charge in [0.25, 0.3) is 0 Å². The van der Waals surface area contributed by atoms with E-state index in [-0.39, 0.29) is 24.5 Å². The standard InChI is InChI=1S/C24H22F3N3O2/c25-24(26,27)19-11-13-28-21(15-19)32-20-12-14-30(16-20)23(31)29-22(17-7-3-1-4-8-17)18-9-5-2-6-10-18/h1-11,13,15,20,22H,12,14,16H2,(H,29,31). The Kier molecular flexibility index (Phi) is 6.30. The summed E-state index contributed by atoms with van der Waals surface area (Å²) >= 11 is 0. The molecule has 5 nitrogen and oxygen atoms in total. The molecule has 1 aliphatic rings. The van der Waals surface area contributed by atoms with Crippen molar-refractivity contribution in [2.24, 2.45) is 0 Å². The Morgan fingerprint density at radius 2 is 1.66 bits per heavy atom. The Morgan fingerprint density at radius 1 is 1.03 bits per heavy atom. The Labute approximate surface area is 183 Å². The van der Waals surface area contributed by atoms with Crippen LogP contribution in [0.15, 0.2) is 79.0 Å². The number of likely N-dealkylation sites (tertiary alicyclic amines) is 1. The zero-order chi connectivity index (χ0) is 22.6. The zero-order valence-corrected chi connectivity index (χ0v) is 17.1. The number of halogens is 3. The number of alkyl halides is 3. The number of urea groups is 1. The number of hydrogen-bond donors (Lipinski definition) is 1. The molecule has 1 aliphatic heterocycles. The quantitative estimate of drug-likeness (QED) is 0.603. The number of nitrogens with one attached hydrogen (secondary N) is 1. The van der Waals surface area contributed by atoms with Crippen molar-refractivity contribution in [3.05, 3.63) is 95.7 Å². The lowest BCUT2D eigenvalue weighted by Crippen LogP contribution is -2.41. The number of nitrogens with zero attached hydrogens (tertiary/aromatic N) is 2. The fourth-order valence-electron chi connectivity index (χ4n) is 3.69. The monoisotopic (exact) mass is 441 g/mol. The largest absolute Gasteiger partial charge is 0.472 e. The molecule has 1 atom stereocenters. The van der Waals surface area contributed by atoms with E-state index < -0.39 is 17.8 Å². The van der Waals surface area contributed by atoms with Gasteiger partial charge in [-0.05, 0) is 17.2 Å². The van der Waals surface area contributed by atoms with E-state index in [2.05, 4.69) is 10.3 Å². The van der Waals surface area contributed by atoms with Crippen LogP contribution in [0.25, 0.3) is 0 Å². The van der Waals surface area contributed by atoms with Crippen molar-refractivity contribution in [2.75, 3.05) is 13.1 Å². The number of carbonyl (C=O) groups is 1. The summed E-state index contributed by atoms with van der Waals surface area (Å²) in [5.41, 5.74) is 1.09. The summed E-state index contributed by atoms with van der Waals surface area (Å²) in [4.78, 5) is 18.5. The smallest absolute Gasteiger partial charge is 0.416 e. The lowest BCUT2D eigenvalue weighted by atomic mass is 9.99. The molecule has 1 saturated heterocycles. The number of rotatable bonds is 5. The molecule has 2 aromatic carbocycles.